The van der Waals surface area contributed by atoms with Gasteiger partial charge >= 0.3 is 0 Å². The molecule has 0 aliphatic carbocycles. The Balaban J connectivity index is 1.99. The molecule has 0 unspecified atom stereocenters. The van der Waals surface area contributed by atoms with Gasteiger partial charge in [0.1, 0.15) is 0 Å². The van der Waals surface area contributed by atoms with Crippen LogP contribution in [0.25, 0.3) is 11.8 Å². The molecule has 1 saturated heterocycles. The number of aryl methyl sites for hydroxylation is 1. The number of hydrogen-bond acceptors (Lipinski definition) is 1. The monoisotopic (exact) mass is 263 g/mol. The van der Waals surface area contributed by atoms with Crippen molar-refractivity contribution in [3.05, 3.63) is 71.3 Å². The van der Waals surface area contributed by atoms with Gasteiger partial charge in [0.25, 0.3) is 0 Å². The molecular weight excluding hydrogens is 242 g/mol. The number of rotatable bonds is 3. The van der Waals surface area contributed by atoms with Gasteiger partial charge in [-0.05, 0) is 37.0 Å². The minimum Gasteiger partial charge on any atom is -0.371 e. The lowest BCUT2D eigenvalue weighted by Crippen LogP contribution is -2.17. The Kier molecular flexibility index (Phi) is 3.87. The smallest absolute Gasteiger partial charge is 0.0445 e. The maximum absolute atomic E-state index is 2.51. The zero-order valence-electron chi connectivity index (χ0n) is 12.0. The average Bonchev–Trinajstić information content (AvgIpc) is 3.01. The molecule has 0 aromatic heterocycles. The Hall–Kier alpha value is -2.02. The predicted molar refractivity (Wildman–Crippen MR) is 86.3 cm³/mol. The van der Waals surface area contributed by atoms with Crippen molar-refractivity contribution >= 4 is 11.8 Å². The first kappa shape index (κ1) is 13.0. The van der Waals surface area contributed by atoms with Gasteiger partial charge in [0.2, 0.25) is 0 Å². The lowest BCUT2D eigenvalue weighted by atomic mass is 10.1. The molecule has 0 atom stereocenters. The van der Waals surface area contributed by atoms with Crippen LogP contribution in [0, 0.1) is 6.92 Å². The van der Waals surface area contributed by atoms with Crippen molar-refractivity contribution in [1.29, 1.82) is 0 Å². The fourth-order valence-electron chi connectivity index (χ4n) is 2.75. The molecule has 1 nitrogen and oxygen atoms in total. The van der Waals surface area contributed by atoms with Crippen LogP contribution in [0.2, 0.25) is 0 Å². The average molecular weight is 263 g/mol. The molecular formula is C19H21N. The minimum atomic E-state index is 1.17. The molecule has 0 spiro atoms. The van der Waals surface area contributed by atoms with Crippen molar-refractivity contribution in [2.24, 2.45) is 0 Å². The highest BCUT2D eigenvalue weighted by molar-refractivity contribution is 5.80. The topological polar surface area (TPSA) is 3.24 Å². The highest BCUT2D eigenvalue weighted by atomic mass is 15.1. The van der Waals surface area contributed by atoms with Crippen molar-refractivity contribution in [2.75, 3.05) is 13.1 Å². The summed E-state index contributed by atoms with van der Waals surface area (Å²) in [6, 6.07) is 19.5. The van der Waals surface area contributed by atoms with Crippen LogP contribution in [0.15, 0.2) is 54.6 Å². The van der Waals surface area contributed by atoms with Crippen LogP contribution in [0.3, 0.4) is 0 Å². The van der Waals surface area contributed by atoms with E-state index in [0.717, 1.165) is 0 Å². The van der Waals surface area contributed by atoms with Gasteiger partial charge in [-0.2, -0.15) is 0 Å². The maximum Gasteiger partial charge on any atom is 0.0445 e. The molecule has 1 aliphatic rings. The summed E-state index contributed by atoms with van der Waals surface area (Å²) in [5, 5.41) is 0. The third kappa shape index (κ3) is 2.93. The van der Waals surface area contributed by atoms with E-state index in [0.29, 0.717) is 0 Å². The molecule has 2 aromatic carbocycles. The van der Waals surface area contributed by atoms with E-state index in [9.17, 15) is 0 Å². The van der Waals surface area contributed by atoms with Crippen LogP contribution >= 0.6 is 0 Å². The molecule has 1 heterocycles. The molecule has 2 aromatic rings. The third-order valence-electron chi connectivity index (χ3n) is 3.90. The summed E-state index contributed by atoms with van der Waals surface area (Å²) in [6.07, 6.45) is 4.92. The van der Waals surface area contributed by atoms with E-state index >= 15 is 0 Å². The molecule has 20 heavy (non-hydrogen) atoms. The fraction of sp³-hybridized carbons (Fsp3) is 0.263. The van der Waals surface area contributed by atoms with Gasteiger partial charge in [-0.1, -0.05) is 60.2 Å². The first-order valence-corrected chi connectivity index (χ1v) is 7.42. The van der Waals surface area contributed by atoms with Crippen LogP contribution in [-0.4, -0.2) is 18.0 Å². The first-order valence-electron chi connectivity index (χ1n) is 7.42. The lowest BCUT2D eigenvalue weighted by molar-refractivity contribution is 0.495. The summed E-state index contributed by atoms with van der Waals surface area (Å²) in [5.74, 6) is 0. The van der Waals surface area contributed by atoms with Gasteiger partial charge < -0.3 is 4.90 Å². The van der Waals surface area contributed by atoms with Crippen molar-refractivity contribution < 1.29 is 0 Å². The van der Waals surface area contributed by atoms with Crippen LogP contribution in [0.5, 0.6) is 0 Å². The summed E-state index contributed by atoms with van der Waals surface area (Å²) in [7, 11) is 0. The van der Waals surface area contributed by atoms with Gasteiger partial charge in [0.15, 0.2) is 0 Å². The van der Waals surface area contributed by atoms with E-state index in [1.807, 2.05) is 0 Å². The molecule has 0 radical (unpaired) electrons. The maximum atomic E-state index is 2.51. The van der Waals surface area contributed by atoms with Gasteiger partial charge in [-0.15, -0.1) is 0 Å². The second-order valence-corrected chi connectivity index (χ2v) is 5.50. The summed E-state index contributed by atoms with van der Waals surface area (Å²) in [5.41, 5.74) is 5.26. The zero-order chi connectivity index (χ0) is 13.8. The number of hydrogen-bond donors (Lipinski definition) is 0. The minimum absolute atomic E-state index is 1.17. The Morgan fingerprint density at radius 1 is 0.900 bits per heavy atom. The van der Waals surface area contributed by atoms with E-state index < -0.39 is 0 Å². The number of nitrogens with zero attached hydrogens (tertiary/aromatic N) is 1. The standard InChI is InChI=1S/C19H21N/c1-16-9-11-18(12-10-16)19(20-13-5-6-14-20)15-17-7-3-2-4-8-17/h2-4,7-12,15H,5-6,13-14H2,1H3. The number of benzene rings is 2. The summed E-state index contributed by atoms with van der Waals surface area (Å²) >= 11 is 0. The Morgan fingerprint density at radius 3 is 2.20 bits per heavy atom. The second kappa shape index (κ2) is 5.96. The summed E-state index contributed by atoms with van der Waals surface area (Å²) in [4.78, 5) is 2.51. The molecule has 1 fully saturated rings. The Morgan fingerprint density at radius 2 is 1.55 bits per heavy atom. The molecule has 3 rings (SSSR count). The molecule has 1 aliphatic heterocycles. The SMILES string of the molecule is Cc1ccc(C(=Cc2ccccc2)N2CCCC2)cc1. The molecule has 102 valence electrons. The van der Waals surface area contributed by atoms with Gasteiger partial charge in [0, 0.05) is 18.8 Å². The summed E-state index contributed by atoms with van der Waals surface area (Å²) in [6.45, 7) is 4.49. The molecule has 0 N–H and O–H groups in total. The lowest BCUT2D eigenvalue weighted by Gasteiger charge is -2.22. The van der Waals surface area contributed by atoms with Crippen molar-refractivity contribution in [2.45, 2.75) is 19.8 Å². The first-order chi connectivity index (χ1) is 9.83. The summed E-state index contributed by atoms with van der Waals surface area (Å²) < 4.78 is 0. The third-order valence-corrected chi connectivity index (χ3v) is 3.90. The van der Waals surface area contributed by atoms with Gasteiger partial charge in [0.05, 0.1) is 0 Å². The molecule has 0 amide bonds. The van der Waals surface area contributed by atoms with Crippen molar-refractivity contribution in [3.63, 3.8) is 0 Å². The Labute approximate surface area is 121 Å². The number of likely N-dealkylation sites (tertiary alicyclic amines) is 1. The fourth-order valence-corrected chi connectivity index (χ4v) is 2.75. The van der Waals surface area contributed by atoms with E-state index in [4.69, 9.17) is 0 Å². The van der Waals surface area contributed by atoms with E-state index in [1.54, 1.807) is 0 Å². The highest BCUT2D eigenvalue weighted by Crippen LogP contribution is 2.26. The quantitative estimate of drug-likeness (QED) is 0.732. The van der Waals surface area contributed by atoms with E-state index in [1.165, 1.54) is 48.3 Å². The molecule has 0 bridgehead atoms. The Bertz CT molecular complexity index is 575. The van der Waals surface area contributed by atoms with E-state index in [-0.39, 0.29) is 0 Å². The van der Waals surface area contributed by atoms with Crippen LogP contribution in [0.4, 0.5) is 0 Å². The molecule has 1 heteroatoms. The highest BCUT2D eigenvalue weighted by Gasteiger charge is 2.16. The van der Waals surface area contributed by atoms with Gasteiger partial charge in [-0.3, -0.25) is 0 Å². The van der Waals surface area contributed by atoms with Crippen molar-refractivity contribution in [3.8, 4) is 0 Å². The predicted octanol–water partition coefficient (Wildman–Crippen LogP) is 4.59. The van der Waals surface area contributed by atoms with Crippen LogP contribution in [0.1, 0.15) is 29.5 Å². The van der Waals surface area contributed by atoms with Crippen LogP contribution in [-0.2, 0) is 0 Å². The second-order valence-electron chi connectivity index (χ2n) is 5.50. The van der Waals surface area contributed by atoms with Crippen LogP contribution < -0.4 is 0 Å². The molecule has 0 saturated carbocycles. The van der Waals surface area contributed by atoms with E-state index in [2.05, 4.69) is 72.5 Å². The normalized spacial score (nSPS) is 15.7. The largest absolute Gasteiger partial charge is 0.371 e. The van der Waals surface area contributed by atoms with Crippen molar-refractivity contribution in [1.82, 2.24) is 4.90 Å². The van der Waals surface area contributed by atoms with Gasteiger partial charge in [-0.25, -0.2) is 0 Å². The zero-order valence-corrected chi connectivity index (χ0v) is 12.0.